The van der Waals surface area contributed by atoms with Gasteiger partial charge in [-0.3, -0.25) is 0 Å². The van der Waals surface area contributed by atoms with Gasteiger partial charge in [0.1, 0.15) is 0 Å². The second kappa shape index (κ2) is 13.5. The zero-order valence-electron chi connectivity index (χ0n) is 16.8. The van der Waals surface area contributed by atoms with Crippen LogP contribution < -0.4 is 0 Å². The van der Waals surface area contributed by atoms with Crippen molar-refractivity contribution in [2.75, 3.05) is 21.3 Å². The van der Waals surface area contributed by atoms with Crippen LogP contribution in [0.4, 0.5) is 74.6 Å². The van der Waals surface area contributed by atoms with E-state index in [2.05, 4.69) is 0 Å². The summed E-state index contributed by atoms with van der Waals surface area (Å²) < 4.78 is 215. The van der Waals surface area contributed by atoms with Crippen LogP contribution in [0, 0.1) is 6.92 Å². The molecular weight excluding hydrogens is 554 g/mol. The number of rotatable bonds is 7. The third-order valence-corrected chi connectivity index (χ3v) is 3.10. The monoisotopic (exact) mass is 570 g/mol. The number of halogens is 17. The number of aliphatic hydroxyl groups excluding tert-OH is 3. The molecule has 0 spiro atoms. The molecule has 0 aromatic heterocycles. The molecule has 206 valence electrons. The van der Waals surface area contributed by atoms with E-state index in [1.165, 1.54) is 0 Å². The fourth-order valence-corrected chi connectivity index (χ4v) is 1.35. The van der Waals surface area contributed by atoms with Gasteiger partial charge in [0.25, 0.3) is 5.92 Å². The average Bonchev–Trinajstić information content (AvgIpc) is 2.70. The van der Waals surface area contributed by atoms with Crippen molar-refractivity contribution in [3.8, 4) is 0 Å². The van der Waals surface area contributed by atoms with E-state index in [9.17, 15) is 74.6 Å². The summed E-state index contributed by atoms with van der Waals surface area (Å²) >= 11 is 0. The molecular formula is C13H16AlF17O3+2. The van der Waals surface area contributed by atoms with Gasteiger partial charge < -0.3 is 22.2 Å². The molecule has 0 heterocycles. The minimum atomic E-state index is -8.58. The first kappa shape index (κ1) is 43.3. The van der Waals surface area contributed by atoms with Crippen molar-refractivity contribution >= 4 is 17.4 Å². The molecule has 0 aromatic rings. The van der Waals surface area contributed by atoms with E-state index in [1.807, 2.05) is 6.92 Å². The fourth-order valence-electron chi connectivity index (χ4n) is 1.35. The van der Waals surface area contributed by atoms with E-state index in [0.29, 0.717) is 0 Å². The Morgan fingerprint density at radius 1 is 0.412 bits per heavy atom. The first-order chi connectivity index (χ1) is 14.3. The molecule has 0 aliphatic carbocycles. The van der Waals surface area contributed by atoms with Gasteiger partial charge in [-0.05, 0) is 0 Å². The van der Waals surface area contributed by atoms with Gasteiger partial charge in [0.2, 0.25) is 0 Å². The molecule has 0 amide bonds. The maximum Gasteiger partial charge on any atom is 3.00 e. The van der Waals surface area contributed by atoms with Crippen molar-refractivity contribution in [3.63, 3.8) is 0 Å². The second-order valence-electron chi connectivity index (χ2n) is 4.90. The fraction of sp³-hybridized carbons (Fsp3) is 0.923. The first-order valence-electron chi connectivity index (χ1n) is 7.16. The van der Waals surface area contributed by atoms with Crippen LogP contribution in [0.15, 0.2) is 0 Å². The molecule has 0 saturated carbocycles. The van der Waals surface area contributed by atoms with Gasteiger partial charge in [-0.15, -0.1) is 6.42 Å². The van der Waals surface area contributed by atoms with Gasteiger partial charge in [-0.1, -0.05) is 0 Å². The molecule has 0 unspecified atom stereocenters. The summed E-state index contributed by atoms with van der Waals surface area (Å²) in [7, 11) is 3.00. The smallest absolute Gasteiger partial charge is 0.400 e. The van der Waals surface area contributed by atoms with Gasteiger partial charge in [0.15, 0.2) is 0 Å². The zero-order valence-corrected chi connectivity index (χ0v) is 17.9. The summed E-state index contributed by atoms with van der Waals surface area (Å²) in [6.45, 7) is 1.89. The van der Waals surface area contributed by atoms with E-state index in [0.717, 1.165) is 21.3 Å². The van der Waals surface area contributed by atoms with Crippen molar-refractivity contribution in [1.29, 1.82) is 0 Å². The Labute approximate surface area is 190 Å². The molecule has 34 heavy (non-hydrogen) atoms. The van der Waals surface area contributed by atoms with Crippen molar-refractivity contribution in [2.24, 2.45) is 0 Å². The molecule has 0 radical (unpaired) electrons. The van der Waals surface area contributed by atoms with Crippen molar-refractivity contribution in [1.82, 2.24) is 0 Å². The van der Waals surface area contributed by atoms with Gasteiger partial charge >= 0.3 is 59.1 Å². The molecule has 0 atom stereocenters. The number of alkyl halides is 17. The summed E-state index contributed by atoms with van der Waals surface area (Å²) in [6.07, 6.45) is -10.4. The Balaban J connectivity index is -0.000000368. The molecule has 3 N–H and O–H groups in total. The Morgan fingerprint density at radius 2 is 0.588 bits per heavy atom. The molecule has 0 bridgehead atoms. The SMILES string of the molecule is CO.CO.CO.[Al+3].[CH2-]CC(F)(F)C(F)(F)C(F)(F)C(F)(F)C(F)(F)C(F)(F)C(F)(F)C(F)(F)F. The van der Waals surface area contributed by atoms with Crippen LogP contribution in [0.2, 0.25) is 0 Å². The molecule has 0 aromatic carbocycles. The van der Waals surface area contributed by atoms with Gasteiger partial charge in [0.05, 0.1) is 0 Å². The molecule has 0 saturated heterocycles. The second-order valence-corrected chi connectivity index (χ2v) is 4.90. The molecule has 0 rings (SSSR count). The third kappa shape index (κ3) is 6.70. The van der Waals surface area contributed by atoms with Gasteiger partial charge in [0, 0.05) is 21.3 Å². The molecule has 0 fully saturated rings. The standard InChI is InChI=1S/C10H4F17.3CH4O.Al/c1-2-3(11,12)4(13,14)5(15,16)6(17,18)7(19,20)8(21,22)9(23,24)10(25,26)27;3*1-2;/h1-2H2;3*2H,1H3;/q-1;;;;+3. The molecule has 3 nitrogen and oxygen atoms in total. The third-order valence-electron chi connectivity index (χ3n) is 3.10. The van der Waals surface area contributed by atoms with Gasteiger partial charge in [-0.2, -0.15) is 65.9 Å². The predicted molar refractivity (Wildman–Crippen MR) is 80.8 cm³/mol. The summed E-state index contributed by atoms with van der Waals surface area (Å²) in [5.41, 5.74) is 0. The van der Waals surface area contributed by atoms with Crippen LogP contribution in [0.3, 0.4) is 0 Å². The maximum atomic E-state index is 13.0. The maximum absolute atomic E-state index is 13.0. The Morgan fingerprint density at radius 3 is 0.765 bits per heavy atom. The number of hydrogen-bond donors (Lipinski definition) is 3. The van der Waals surface area contributed by atoms with Gasteiger partial charge in [-0.25, -0.2) is 8.78 Å². The average molecular weight is 570 g/mol. The first-order valence-corrected chi connectivity index (χ1v) is 7.16. The Bertz CT molecular complexity index is 563. The Hall–Kier alpha value is -0.778. The summed E-state index contributed by atoms with van der Waals surface area (Å²) in [5.74, 6) is -55.9. The topological polar surface area (TPSA) is 60.7 Å². The van der Waals surface area contributed by atoms with Crippen LogP contribution in [-0.4, -0.2) is 102 Å². The van der Waals surface area contributed by atoms with Crippen LogP contribution in [-0.2, 0) is 0 Å². The zero-order chi connectivity index (χ0) is 28.7. The molecule has 0 aliphatic rings. The predicted octanol–water partition coefficient (Wildman–Crippen LogP) is 4.66. The van der Waals surface area contributed by atoms with E-state index in [4.69, 9.17) is 15.3 Å². The number of hydrogen-bond acceptors (Lipinski definition) is 3. The quantitative estimate of drug-likeness (QED) is 0.237. The largest absolute Gasteiger partial charge is 3.00 e. The molecule has 0 aliphatic heterocycles. The van der Waals surface area contributed by atoms with Crippen molar-refractivity contribution in [2.45, 2.75) is 54.1 Å². The van der Waals surface area contributed by atoms with Crippen molar-refractivity contribution < 1.29 is 90.0 Å². The van der Waals surface area contributed by atoms with E-state index >= 15 is 0 Å². The minimum absolute atomic E-state index is 0. The van der Waals surface area contributed by atoms with Crippen LogP contribution in [0.5, 0.6) is 0 Å². The van der Waals surface area contributed by atoms with Crippen molar-refractivity contribution in [3.05, 3.63) is 6.92 Å². The summed E-state index contributed by atoms with van der Waals surface area (Å²) in [6, 6.07) is 0. The summed E-state index contributed by atoms with van der Waals surface area (Å²) in [5, 5.41) is 21.0. The Kier molecular flexibility index (Phi) is 17.2. The van der Waals surface area contributed by atoms with Crippen LogP contribution in [0.1, 0.15) is 6.42 Å². The number of aliphatic hydroxyl groups is 3. The minimum Gasteiger partial charge on any atom is -0.400 e. The van der Waals surface area contributed by atoms with Crippen LogP contribution in [0.25, 0.3) is 0 Å². The van der Waals surface area contributed by atoms with E-state index < -0.39 is 54.1 Å². The van der Waals surface area contributed by atoms with E-state index in [1.54, 1.807) is 0 Å². The molecule has 21 heteroatoms. The van der Waals surface area contributed by atoms with E-state index in [-0.39, 0.29) is 17.4 Å². The normalized spacial score (nSPS) is 13.8. The summed E-state index contributed by atoms with van der Waals surface area (Å²) in [4.78, 5) is 0. The van der Waals surface area contributed by atoms with Crippen LogP contribution >= 0.6 is 0 Å².